The van der Waals surface area contributed by atoms with Gasteiger partial charge < -0.3 is 0 Å². The molecule has 2 unspecified atom stereocenters. The fourth-order valence-electron chi connectivity index (χ4n) is 2.13. The summed E-state index contributed by atoms with van der Waals surface area (Å²) in [5.41, 5.74) is 0. The molecule has 4 heteroatoms. The molecular weight excluding hydrogens is 317 g/mol. The Balaban J connectivity index is 2.05. The molecule has 2 rings (SSSR count). The van der Waals surface area contributed by atoms with Crippen LogP contribution in [-0.2, 0) is 9.59 Å². The minimum Gasteiger partial charge on any atom is -0.282 e. The van der Waals surface area contributed by atoms with Crippen molar-refractivity contribution in [3.63, 3.8) is 0 Å². The number of carbonyl (C=O) groups is 2. The monoisotopic (exact) mass is 331 g/mol. The van der Waals surface area contributed by atoms with E-state index in [1.54, 1.807) is 0 Å². The number of unbranched alkanes of at least 4 members (excludes halogenated alkanes) is 1. The van der Waals surface area contributed by atoms with Gasteiger partial charge in [-0.2, -0.15) is 0 Å². The number of likely N-dealkylation sites (tertiary alicyclic amines) is 1. The first-order chi connectivity index (χ1) is 7.75. The molecule has 0 bridgehead atoms. The van der Waals surface area contributed by atoms with Crippen LogP contribution in [0.15, 0.2) is 24.3 Å². The summed E-state index contributed by atoms with van der Waals surface area (Å²) < 4.78 is 1.07. The van der Waals surface area contributed by atoms with Gasteiger partial charge in [0.25, 0.3) is 0 Å². The number of hydrogen-bond acceptors (Lipinski definition) is 2. The summed E-state index contributed by atoms with van der Waals surface area (Å²) in [7, 11) is 0. The second kappa shape index (κ2) is 5.12. The van der Waals surface area contributed by atoms with Crippen LogP contribution in [0.5, 0.6) is 0 Å². The molecule has 0 aromatic rings. The lowest BCUT2D eigenvalue weighted by Gasteiger charge is -2.13. The highest BCUT2D eigenvalue weighted by Gasteiger charge is 2.44. The Morgan fingerprint density at radius 2 is 1.62 bits per heavy atom. The second-order valence-electron chi connectivity index (χ2n) is 4.05. The van der Waals surface area contributed by atoms with Gasteiger partial charge in [0.1, 0.15) is 0 Å². The van der Waals surface area contributed by atoms with Gasteiger partial charge in [-0.1, -0.05) is 46.9 Å². The van der Waals surface area contributed by atoms with Crippen LogP contribution in [0.3, 0.4) is 0 Å². The Morgan fingerprint density at radius 3 is 2.12 bits per heavy atom. The van der Waals surface area contributed by atoms with E-state index in [0.29, 0.717) is 6.54 Å². The van der Waals surface area contributed by atoms with E-state index in [9.17, 15) is 9.59 Å². The molecule has 0 aromatic heterocycles. The summed E-state index contributed by atoms with van der Waals surface area (Å²) in [6, 6.07) is 0. The van der Waals surface area contributed by atoms with Gasteiger partial charge in [-0.3, -0.25) is 14.5 Å². The maximum atomic E-state index is 12.0. The van der Waals surface area contributed by atoms with Crippen LogP contribution in [0.4, 0.5) is 0 Å². The van der Waals surface area contributed by atoms with Crippen LogP contribution in [0.25, 0.3) is 0 Å². The molecule has 1 aliphatic heterocycles. The lowest BCUT2D eigenvalue weighted by Crippen LogP contribution is -2.31. The molecule has 0 aromatic carbocycles. The van der Waals surface area contributed by atoms with Gasteiger partial charge in [0.2, 0.25) is 11.8 Å². The summed E-state index contributed by atoms with van der Waals surface area (Å²) in [5, 5.41) is 0. The highest BCUT2D eigenvalue weighted by Crippen LogP contribution is 2.31. The Hall–Kier alpha value is -0.650. The summed E-state index contributed by atoms with van der Waals surface area (Å²) in [5.74, 6) is -0.526. The largest absolute Gasteiger partial charge is 0.282 e. The molecular formula is C12H14INO2. The summed E-state index contributed by atoms with van der Waals surface area (Å²) in [6.45, 7) is 0.579. The normalized spacial score (nSPS) is 27.7. The molecule has 16 heavy (non-hydrogen) atoms. The number of fused-ring (bicyclic) bond motifs is 1. The first kappa shape index (κ1) is 11.8. The topological polar surface area (TPSA) is 37.4 Å². The molecule has 2 aliphatic rings. The molecule has 86 valence electrons. The van der Waals surface area contributed by atoms with Gasteiger partial charge in [0.05, 0.1) is 11.8 Å². The lowest BCUT2D eigenvalue weighted by molar-refractivity contribution is -0.139. The quantitative estimate of drug-likeness (QED) is 0.342. The minimum atomic E-state index is -0.239. The second-order valence-corrected chi connectivity index (χ2v) is 5.12. The van der Waals surface area contributed by atoms with Crippen molar-refractivity contribution in [3.8, 4) is 0 Å². The zero-order valence-electron chi connectivity index (χ0n) is 8.93. The Bertz CT molecular complexity index is 332. The number of nitrogens with zero attached hydrogens (tertiary/aromatic N) is 1. The highest BCUT2D eigenvalue weighted by molar-refractivity contribution is 14.1. The maximum absolute atomic E-state index is 12.0. The van der Waals surface area contributed by atoms with E-state index in [0.717, 1.165) is 17.3 Å². The lowest BCUT2D eigenvalue weighted by atomic mass is 9.91. The van der Waals surface area contributed by atoms with E-state index in [-0.39, 0.29) is 23.7 Å². The molecule has 0 saturated carbocycles. The highest BCUT2D eigenvalue weighted by atomic mass is 127. The summed E-state index contributed by atoms with van der Waals surface area (Å²) >= 11 is 2.31. The number of carbonyl (C=O) groups excluding carboxylic acids is 2. The Labute approximate surface area is 109 Å². The number of hydrogen-bond donors (Lipinski definition) is 0. The molecule has 1 aliphatic carbocycles. The predicted octanol–water partition coefficient (Wildman–Crippen LogP) is 1.93. The van der Waals surface area contributed by atoms with Gasteiger partial charge in [-0.15, -0.1) is 0 Å². The van der Waals surface area contributed by atoms with Crippen molar-refractivity contribution in [2.45, 2.75) is 12.8 Å². The van der Waals surface area contributed by atoms with Crippen LogP contribution in [0.1, 0.15) is 12.8 Å². The molecule has 1 heterocycles. The molecule has 0 spiro atoms. The first-order valence-corrected chi connectivity index (χ1v) is 7.04. The van der Waals surface area contributed by atoms with Crippen LogP contribution in [0.2, 0.25) is 0 Å². The molecule has 1 fully saturated rings. The molecule has 2 atom stereocenters. The van der Waals surface area contributed by atoms with E-state index in [4.69, 9.17) is 0 Å². The SMILES string of the molecule is O=C1C2C=CC=CC2C(=O)N1CCCCI. The molecule has 0 radical (unpaired) electrons. The van der Waals surface area contributed by atoms with Gasteiger partial charge in [-0.05, 0) is 17.3 Å². The minimum absolute atomic E-state index is 0.0240. The van der Waals surface area contributed by atoms with E-state index < -0.39 is 0 Å². The van der Waals surface area contributed by atoms with Crippen molar-refractivity contribution in [1.82, 2.24) is 4.90 Å². The predicted molar refractivity (Wildman–Crippen MR) is 70.1 cm³/mol. The van der Waals surface area contributed by atoms with E-state index in [1.165, 1.54) is 4.90 Å². The zero-order valence-corrected chi connectivity index (χ0v) is 11.1. The van der Waals surface area contributed by atoms with Crippen molar-refractivity contribution in [2.24, 2.45) is 11.8 Å². The number of amides is 2. The third-order valence-electron chi connectivity index (χ3n) is 3.00. The fraction of sp³-hybridized carbons (Fsp3) is 0.500. The zero-order chi connectivity index (χ0) is 11.5. The Kier molecular flexibility index (Phi) is 3.78. The number of allylic oxidation sites excluding steroid dienone is 2. The van der Waals surface area contributed by atoms with Crippen molar-refractivity contribution < 1.29 is 9.59 Å². The third-order valence-corrected chi connectivity index (χ3v) is 3.77. The number of alkyl halides is 1. The van der Waals surface area contributed by atoms with Gasteiger partial charge >= 0.3 is 0 Å². The number of halogens is 1. The van der Waals surface area contributed by atoms with Crippen LogP contribution in [0, 0.1) is 11.8 Å². The molecule has 3 nitrogen and oxygen atoms in total. The maximum Gasteiger partial charge on any atom is 0.237 e. The summed E-state index contributed by atoms with van der Waals surface area (Å²) in [6.07, 6.45) is 9.33. The van der Waals surface area contributed by atoms with Crippen LogP contribution >= 0.6 is 22.6 Å². The smallest absolute Gasteiger partial charge is 0.237 e. The van der Waals surface area contributed by atoms with Gasteiger partial charge in [0.15, 0.2) is 0 Å². The van der Waals surface area contributed by atoms with E-state index in [1.807, 2.05) is 24.3 Å². The summed E-state index contributed by atoms with van der Waals surface area (Å²) in [4.78, 5) is 25.4. The van der Waals surface area contributed by atoms with Crippen molar-refractivity contribution in [2.75, 3.05) is 11.0 Å². The first-order valence-electron chi connectivity index (χ1n) is 5.52. The van der Waals surface area contributed by atoms with E-state index >= 15 is 0 Å². The van der Waals surface area contributed by atoms with E-state index in [2.05, 4.69) is 22.6 Å². The average Bonchev–Trinajstić information content (AvgIpc) is 2.55. The van der Waals surface area contributed by atoms with Crippen molar-refractivity contribution in [3.05, 3.63) is 24.3 Å². The Morgan fingerprint density at radius 1 is 1.06 bits per heavy atom. The third kappa shape index (κ3) is 2.07. The number of imide groups is 1. The standard InChI is InChI=1S/C12H14INO2/c13-7-3-4-8-14-11(15)9-5-1-2-6-10(9)12(14)16/h1-2,5-6,9-10H,3-4,7-8H2. The molecule has 0 N–H and O–H groups in total. The van der Waals surface area contributed by atoms with Crippen LogP contribution < -0.4 is 0 Å². The average molecular weight is 331 g/mol. The molecule has 2 amide bonds. The fourth-order valence-corrected chi connectivity index (χ4v) is 2.67. The van der Waals surface area contributed by atoms with Crippen molar-refractivity contribution in [1.29, 1.82) is 0 Å². The van der Waals surface area contributed by atoms with Crippen LogP contribution in [-0.4, -0.2) is 27.7 Å². The number of rotatable bonds is 4. The van der Waals surface area contributed by atoms with Crippen molar-refractivity contribution >= 4 is 34.4 Å². The van der Waals surface area contributed by atoms with Gasteiger partial charge in [0, 0.05) is 6.54 Å². The van der Waals surface area contributed by atoms with Gasteiger partial charge in [-0.25, -0.2) is 0 Å². The molecule has 1 saturated heterocycles.